The van der Waals surface area contributed by atoms with Gasteiger partial charge in [-0.1, -0.05) is 0 Å². The zero-order chi connectivity index (χ0) is 12.3. The van der Waals surface area contributed by atoms with E-state index in [4.69, 9.17) is 20.7 Å². The van der Waals surface area contributed by atoms with Crippen LogP contribution in [0.1, 0.15) is 0 Å². The van der Waals surface area contributed by atoms with Crippen molar-refractivity contribution >= 4 is 5.91 Å². The minimum absolute atomic E-state index is 0.493. The molecule has 7 N–H and O–H groups in total. The van der Waals surface area contributed by atoms with E-state index in [1.54, 1.807) is 0 Å². The van der Waals surface area contributed by atoms with Crippen LogP contribution in [0.15, 0.2) is 0 Å². The molecular formula is C8H16N2O6. The Morgan fingerprint density at radius 2 is 1.94 bits per heavy atom. The number of aliphatic hydroxyl groups is 4. The summed E-state index contributed by atoms with van der Waals surface area (Å²) in [5.74, 6) is -0.738. The van der Waals surface area contributed by atoms with Crippen LogP contribution in [0.25, 0.3) is 0 Å². The van der Waals surface area contributed by atoms with Crippen LogP contribution in [-0.4, -0.2) is 70.1 Å². The summed E-state index contributed by atoms with van der Waals surface area (Å²) >= 11 is 0. The molecule has 0 bridgehead atoms. The van der Waals surface area contributed by atoms with Gasteiger partial charge in [-0.25, -0.2) is 0 Å². The van der Waals surface area contributed by atoms with Crippen molar-refractivity contribution in [1.29, 1.82) is 0 Å². The summed E-state index contributed by atoms with van der Waals surface area (Å²) in [6.07, 6.45) is -4.77. The second-order valence-corrected chi connectivity index (χ2v) is 3.55. The first kappa shape index (κ1) is 13.3. The summed E-state index contributed by atoms with van der Waals surface area (Å²) in [6, 6.07) is -1.03. The molecule has 0 aromatic rings. The number of carbonyl (C=O) groups is 1. The zero-order valence-electron chi connectivity index (χ0n) is 8.48. The van der Waals surface area contributed by atoms with Crippen LogP contribution in [0.5, 0.6) is 0 Å². The number of nitrogens with two attached hydrogens (primary N) is 1. The zero-order valence-corrected chi connectivity index (χ0v) is 8.48. The van der Waals surface area contributed by atoms with Gasteiger partial charge in [0.1, 0.15) is 31.1 Å². The topological polar surface area (TPSA) is 145 Å². The number of aliphatic hydroxyl groups excluding tert-OH is 4. The molecule has 0 aromatic carbocycles. The fourth-order valence-electron chi connectivity index (χ4n) is 1.54. The highest BCUT2D eigenvalue weighted by Crippen LogP contribution is 2.18. The molecule has 1 saturated heterocycles. The number of nitrogens with one attached hydrogen (secondary N) is 1. The van der Waals surface area contributed by atoms with Crippen molar-refractivity contribution in [3.05, 3.63) is 0 Å². The molecule has 0 radical (unpaired) electrons. The molecule has 1 amide bonds. The number of hydrogen-bond acceptors (Lipinski definition) is 7. The van der Waals surface area contributed by atoms with E-state index in [0.29, 0.717) is 0 Å². The monoisotopic (exact) mass is 236 g/mol. The summed E-state index contributed by atoms with van der Waals surface area (Å²) in [7, 11) is 0. The van der Waals surface area contributed by atoms with Gasteiger partial charge in [0.25, 0.3) is 0 Å². The Hall–Kier alpha value is -0.770. The number of ether oxygens (including phenoxy) is 1. The lowest BCUT2D eigenvalue weighted by Gasteiger charge is -2.40. The van der Waals surface area contributed by atoms with E-state index in [2.05, 4.69) is 5.32 Å². The van der Waals surface area contributed by atoms with Gasteiger partial charge in [-0.2, -0.15) is 0 Å². The average molecular weight is 236 g/mol. The molecule has 1 aliphatic rings. The van der Waals surface area contributed by atoms with Crippen molar-refractivity contribution in [3.8, 4) is 0 Å². The molecule has 94 valence electrons. The molecule has 0 aromatic heterocycles. The van der Waals surface area contributed by atoms with Crippen molar-refractivity contribution in [2.75, 3.05) is 13.2 Å². The van der Waals surface area contributed by atoms with Gasteiger partial charge in [0.2, 0.25) is 5.91 Å². The van der Waals surface area contributed by atoms with Crippen LogP contribution < -0.4 is 11.1 Å². The standard InChI is InChI=1S/C8H16N2O6/c9-8-5(10-4(13)2-12)7(15)6(14)3(1-11)16-8/h3,5-8,11-12,14-15H,1-2,9H2,(H,10,13)/t3-,5-,6-,7-,8-/m1/s1. The Bertz CT molecular complexity index is 251. The van der Waals surface area contributed by atoms with E-state index in [-0.39, 0.29) is 0 Å². The smallest absolute Gasteiger partial charge is 0.246 e. The van der Waals surface area contributed by atoms with Gasteiger partial charge in [0, 0.05) is 0 Å². The van der Waals surface area contributed by atoms with Crippen molar-refractivity contribution in [2.24, 2.45) is 5.73 Å². The Labute approximate surface area is 91.6 Å². The normalized spacial score (nSPS) is 39.4. The predicted octanol–water partition coefficient (Wildman–Crippen LogP) is -4.14. The van der Waals surface area contributed by atoms with Crippen molar-refractivity contribution < 1.29 is 30.0 Å². The first-order valence-corrected chi connectivity index (χ1v) is 4.79. The molecule has 5 atom stereocenters. The van der Waals surface area contributed by atoms with Crippen LogP contribution in [0.2, 0.25) is 0 Å². The lowest BCUT2D eigenvalue weighted by atomic mass is 9.96. The molecular weight excluding hydrogens is 220 g/mol. The van der Waals surface area contributed by atoms with Crippen molar-refractivity contribution in [3.63, 3.8) is 0 Å². The molecule has 8 heteroatoms. The highest BCUT2D eigenvalue weighted by molar-refractivity contribution is 5.77. The second-order valence-electron chi connectivity index (χ2n) is 3.55. The van der Waals surface area contributed by atoms with Gasteiger partial charge in [-0.05, 0) is 0 Å². The third kappa shape index (κ3) is 2.67. The maximum absolute atomic E-state index is 10.9. The van der Waals surface area contributed by atoms with Crippen LogP contribution in [0.3, 0.4) is 0 Å². The van der Waals surface area contributed by atoms with Crippen molar-refractivity contribution in [1.82, 2.24) is 5.32 Å². The van der Waals surface area contributed by atoms with Crippen LogP contribution in [0, 0.1) is 0 Å². The Morgan fingerprint density at radius 1 is 1.31 bits per heavy atom. The molecule has 16 heavy (non-hydrogen) atoms. The highest BCUT2D eigenvalue weighted by Gasteiger charge is 2.43. The maximum Gasteiger partial charge on any atom is 0.246 e. The third-order valence-electron chi connectivity index (χ3n) is 2.44. The molecule has 0 unspecified atom stereocenters. The first-order valence-electron chi connectivity index (χ1n) is 4.79. The fourth-order valence-corrected chi connectivity index (χ4v) is 1.54. The van der Waals surface area contributed by atoms with Crippen LogP contribution in [0.4, 0.5) is 0 Å². The van der Waals surface area contributed by atoms with E-state index in [1.165, 1.54) is 0 Å². The van der Waals surface area contributed by atoms with Crippen molar-refractivity contribution in [2.45, 2.75) is 30.6 Å². The third-order valence-corrected chi connectivity index (χ3v) is 2.44. The lowest BCUT2D eigenvalue weighted by Crippen LogP contribution is -2.66. The molecule has 1 rings (SSSR count). The first-order chi connectivity index (χ1) is 7.51. The Morgan fingerprint density at radius 3 is 2.44 bits per heavy atom. The minimum Gasteiger partial charge on any atom is -0.394 e. The number of carbonyl (C=O) groups excluding carboxylic acids is 1. The molecule has 0 saturated carbocycles. The molecule has 0 aliphatic carbocycles. The molecule has 8 nitrogen and oxygen atoms in total. The van der Waals surface area contributed by atoms with E-state index in [1.807, 2.05) is 0 Å². The van der Waals surface area contributed by atoms with E-state index in [0.717, 1.165) is 0 Å². The summed E-state index contributed by atoms with van der Waals surface area (Å²) in [5.41, 5.74) is 5.50. The molecule has 1 heterocycles. The van der Waals surface area contributed by atoms with Gasteiger partial charge in [0.15, 0.2) is 0 Å². The van der Waals surface area contributed by atoms with E-state index >= 15 is 0 Å². The Kier molecular flexibility index (Phi) is 4.59. The number of hydrogen-bond donors (Lipinski definition) is 6. The Balaban J connectivity index is 2.67. The van der Waals surface area contributed by atoms with Gasteiger partial charge in [-0.15, -0.1) is 0 Å². The highest BCUT2D eigenvalue weighted by atomic mass is 16.5. The van der Waals surface area contributed by atoms with Crippen LogP contribution in [-0.2, 0) is 9.53 Å². The van der Waals surface area contributed by atoms with E-state index < -0.39 is 49.7 Å². The largest absolute Gasteiger partial charge is 0.394 e. The predicted molar refractivity (Wildman–Crippen MR) is 51.0 cm³/mol. The summed E-state index contributed by atoms with van der Waals surface area (Å²) in [4.78, 5) is 10.9. The summed E-state index contributed by atoms with van der Waals surface area (Å²) in [5, 5.41) is 38.7. The van der Waals surface area contributed by atoms with E-state index in [9.17, 15) is 15.0 Å². The van der Waals surface area contributed by atoms with Gasteiger partial charge in [-0.3, -0.25) is 4.79 Å². The summed E-state index contributed by atoms with van der Waals surface area (Å²) < 4.78 is 5.00. The maximum atomic E-state index is 10.9. The summed E-state index contributed by atoms with van der Waals surface area (Å²) in [6.45, 7) is -1.25. The molecule has 1 aliphatic heterocycles. The van der Waals surface area contributed by atoms with Gasteiger partial charge < -0.3 is 36.2 Å². The SMILES string of the molecule is N[C@@H]1O[C@H](CO)[C@@H](O)[C@H](O)[C@H]1NC(=O)CO. The second kappa shape index (κ2) is 5.53. The molecule has 0 spiro atoms. The molecule has 1 fully saturated rings. The van der Waals surface area contributed by atoms with Gasteiger partial charge in [0.05, 0.1) is 12.6 Å². The fraction of sp³-hybridized carbons (Fsp3) is 0.875. The minimum atomic E-state index is -1.36. The quantitative estimate of drug-likeness (QED) is 0.292. The average Bonchev–Trinajstić information content (AvgIpc) is 2.28. The lowest BCUT2D eigenvalue weighted by molar-refractivity contribution is -0.194. The number of amides is 1. The van der Waals surface area contributed by atoms with Gasteiger partial charge >= 0.3 is 0 Å². The number of rotatable bonds is 3. The van der Waals surface area contributed by atoms with Crippen LogP contribution >= 0.6 is 0 Å².